The summed E-state index contributed by atoms with van der Waals surface area (Å²) < 4.78 is 4.91. The van der Waals surface area contributed by atoms with E-state index in [0.29, 0.717) is 18.7 Å². The topological polar surface area (TPSA) is 105 Å². The third kappa shape index (κ3) is 1.56. The molecular formula is C8H9N3O4. The van der Waals surface area contributed by atoms with Crippen LogP contribution >= 0.6 is 0 Å². The van der Waals surface area contributed by atoms with Gasteiger partial charge >= 0.3 is 12.0 Å². The summed E-state index contributed by atoms with van der Waals surface area (Å²) in [7, 11) is 0. The number of anilines is 1. The van der Waals surface area contributed by atoms with Gasteiger partial charge in [-0.15, -0.1) is 5.10 Å². The Morgan fingerprint density at radius 2 is 2.13 bits per heavy atom. The van der Waals surface area contributed by atoms with Gasteiger partial charge in [-0.05, 0) is 12.8 Å². The Kier molecular flexibility index (Phi) is 1.95. The van der Waals surface area contributed by atoms with E-state index in [2.05, 4.69) is 15.5 Å². The number of amides is 1. The maximum absolute atomic E-state index is 11.5. The fourth-order valence-electron chi connectivity index (χ4n) is 1.23. The van der Waals surface area contributed by atoms with Crippen molar-refractivity contribution in [3.05, 3.63) is 5.89 Å². The summed E-state index contributed by atoms with van der Waals surface area (Å²) >= 11 is 0. The number of aliphatic carboxylic acids is 1. The average Bonchev–Trinajstić information content (AvgIpc) is 2.88. The van der Waals surface area contributed by atoms with Crippen LogP contribution in [0.15, 0.2) is 4.42 Å². The van der Waals surface area contributed by atoms with Crippen LogP contribution in [-0.4, -0.2) is 27.2 Å². The van der Waals surface area contributed by atoms with Gasteiger partial charge in [0.15, 0.2) is 0 Å². The summed E-state index contributed by atoms with van der Waals surface area (Å²) in [6.07, 6.45) is 0.697. The molecule has 0 saturated heterocycles. The second-order valence-corrected chi connectivity index (χ2v) is 3.47. The van der Waals surface area contributed by atoms with Gasteiger partial charge in [-0.1, -0.05) is 5.10 Å². The molecular weight excluding hydrogens is 202 g/mol. The number of aryl methyl sites for hydroxylation is 1. The molecule has 1 aliphatic carbocycles. The number of nitrogens with zero attached hydrogens (tertiary/aromatic N) is 2. The molecule has 0 atom stereocenters. The molecule has 1 amide bonds. The Balaban J connectivity index is 2.08. The molecule has 7 heteroatoms. The van der Waals surface area contributed by atoms with Crippen LogP contribution in [0.5, 0.6) is 0 Å². The Hall–Kier alpha value is -1.92. The van der Waals surface area contributed by atoms with Crippen LogP contribution in [0.1, 0.15) is 18.7 Å². The Morgan fingerprint density at radius 3 is 2.53 bits per heavy atom. The molecule has 2 N–H and O–H groups in total. The molecule has 0 spiro atoms. The Bertz CT molecular complexity index is 421. The molecule has 15 heavy (non-hydrogen) atoms. The first-order valence-electron chi connectivity index (χ1n) is 4.39. The number of carbonyl (C=O) groups is 2. The van der Waals surface area contributed by atoms with Gasteiger partial charge in [-0.3, -0.25) is 14.9 Å². The van der Waals surface area contributed by atoms with E-state index in [1.54, 1.807) is 6.92 Å². The zero-order valence-corrected chi connectivity index (χ0v) is 7.98. The first kappa shape index (κ1) is 9.63. The minimum absolute atomic E-state index is 0.0648. The van der Waals surface area contributed by atoms with Gasteiger partial charge in [-0.2, -0.15) is 0 Å². The quantitative estimate of drug-likeness (QED) is 0.691. The van der Waals surface area contributed by atoms with Gasteiger partial charge in [0.25, 0.3) is 0 Å². The van der Waals surface area contributed by atoms with Gasteiger partial charge in [0.1, 0.15) is 5.41 Å². The van der Waals surface area contributed by atoms with Gasteiger partial charge in [0.05, 0.1) is 0 Å². The minimum atomic E-state index is -1.29. The largest absolute Gasteiger partial charge is 0.480 e. The van der Waals surface area contributed by atoms with Crippen molar-refractivity contribution in [2.24, 2.45) is 5.41 Å². The standard InChI is InChI=1S/C8H9N3O4/c1-4-10-11-7(15-4)9-5(12)8(2-3-8)6(13)14/h2-3H2,1H3,(H,13,14)(H,9,11,12). The molecule has 7 nitrogen and oxygen atoms in total. The van der Waals surface area contributed by atoms with E-state index in [4.69, 9.17) is 9.52 Å². The van der Waals surface area contributed by atoms with Crippen LogP contribution in [0.2, 0.25) is 0 Å². The fourth-order valence-corrected chi connectivity index (χ4v) is 1.23. The first-order chi connectivity index (χ1) is 7.04. The van der Waals surface area contributed by atoms with Crippen molar-refractivity contribution in [2.75, 3.05) is 5.32 Å². The highest BCUT2D eigenvalue weighted by Crippen LogP contribution is 2.46. The lowest BCUT2D eigenvalue weighted by atomic mass is 10.1. The Morgan fingerprint density at radius 1 is 1.47 bits per heavy atom. The zero-order valence-electron chi connectivity index (χ0n) is 7.98. The minimum Gasteiger partial charge on any atom is -0.480 e. The smallest absolute Gasteiger partial charge is 0.322 e. The van der Waals surface area contributed by atoms with Crippen molar-refractivity contribution >= 4 is 17.9 Å². The summed E-state index contributed by atoms with van der Waals surface area (Å²) in [5, 5.41) is 18.2. The van der Waals surface area contributed by atoms with Crippen LogP contribution in [0, 0.1) is 12.3 Å². The second kappa shape index (κ2) is 3.04. The second-order valence-electron chi connectivity index (χ2n) is 3.47. The van der Waals surface area contributed by atoms with E-state index < -0.39 is 17.3 Å². The van der Waals surface area contributed by atoms with Crippen LogP contribution < -0.4 is 5.32 Å². The van der Waals surface area contributed by atoms with Crippen molar-refractivity contribution in [3.8, 4) is 0 Å². The van der Waals surface area contributed by atoms with E-state index in [-0.39, 0.29) is 6.01 Å². The number of nitrogens with one attached hydrogen (secondary N) is 1. The SMILES string of the molecule is Cc1nnc(NC(=O)C2(C(=O)O)CC2)o1. The van der Waals surface area contributed by atoms with Crippen molar-refractivity contribution in [1.82, 2.24) is 10.2 Å². The molecule has 0 unspecified atom stereocenters. The molecule has 0 aliphatic heterocycles. The predicted octanol–water partition coefficient (Wildman–Crippen LogP) is 0.181. The van der Waals surface area contributed by atoms with E-state index >= 15 is 0 Å². The van der Waals surface area contributed by atoms with Gasteiger partial charge in [-0.25, -0.2) is 0 Å². The average molecular weight is 211 g/mol. The van der Waals surface area contributed by atoms with E-state index in [1.807, 2.05) is 0 Å². The lowest BCUT2D eigenvalue weighted by Gasteiger charge is -2.06. The number of carboxylic acids is 1. The first-order valence-corrected chi connectivity index (χ1v) is 4.39. The highest BCUT2D eigenvalue weighted by molar-refractivity contribution is 6.10. The lowest BCUT2D eigenvalue weighted by molar-refractivity contribution is -0.147. The molecule has 0 aromatic carbocycles. The lowest BCUT2D eigenvalue weighted by Crippen LogP contribution is -2.31. The highest BCUT2D eigenvalue weighted by Gasteiger charge is 2.57. The molecule has 1 aromatic heterocycles. The number of hydrogen-bond donors (Lipinski definition) is 2. The van der Waals surface area contributed by atoms with Gasteiger partial charge < -0.3 is 9.52 Å². The zero-order chi connectivity index (χ0) is 11.1. The van der Waals surface area contributed by atoms with Gasteiger partial charge in [0.2, 0.25) is 11.8 Å². The maximum atomic E-state index is 11.5. The molecule has 1 saturated carbocycles. The van der Waals surface area contributed by atoms with E-state index in [0.717, 1.165) is 0 Å². The molecule has 1 fully saturated rings. The molecule has 0 bridgehead atoms. The van der Waals surface area contributed by atoms with E-state index in [1.165, 1.54) is 0 Å². The molecule has 1 aromatic rings. The van der Waals surface area contributed by atoms with Crippen molar-refractivity contribution in [3.63, 3.8) is 0 Å². The molecule has 2 rings (SSSR count). The van der Waals surface area contributed by atoms with Crippen molar-refractivity contribution < 1.29 is 19.1 Å². The monoisotopic (exact) mass is 211 g/mol. The third-order valence-electron chi connectivity index (χ3n) is 2.34. The van der Waals surface area contributed by atoms with Crippen LogP contribution in [-0.2, 0) is 9.59 Å². The molecule has 1 heterocycles. The van der Waals surface area contributed by atoms with Crippen LogP contribution in [0.25, 0.3) is 0 Å². The summed E-state index contributed by atoms with van der Waals surface area (Å²) in [4.78, 5) is 22.3. The summed E-state index contributed by atoms with van der Waals surface area (Å²) in [6, 6.07) is -0.0648. The predicted molar refractivity (Wildman–Crippen MR) is 47.0 cm³/mol. The Labute approximate surface area is 84.5 Å². The van der Waals surface area contributed by atoms with Crippen molar-refractivity contribution in [1.29, 1.82) is 0 Å². The molecule has 1 aliphatic rings. The third-order valence-corrected chi connectivity index (χ3v) is 2.34. The molecule has 0 radical (unpaired) electrons. The van der Waals surface area contributed by atoms with Gasteiger partial charge in [0, 0.05) is 6.92 Å². The summed E-state index contributed by atoms with van der Waals surface area (Å²) in [5.41, 5.74) is -1.29. The van der Waals surface area contributed by atoms with Crippen molar-refractivity contribution in [2.45, 2.75) is 19.8 Å². The number of hydrogen-bond acceptors (Lipinski definition) is 5. The van der Waals surface area contributed by atoms with E-state index in [9.17, 15) is 9.59 Å². The number of carboxylic acid groups (broad SMARTS) is 1. The highest BCUT2D eigenvalue weighted by atomic mass is 16.4. The normalized spacial score (nSPS) is 17.1. The summed E-state index contributed by atoms with van der Waals surface area (Å²) in [5.74, 6) is -1.40. The fraction of sp³-hybridized carbons (Fsp3) is 0.500. The number of rotatable bonds is 3. The van der Waals surface area contributed by atoms with Crippen LogP contribution in [0.3, 0.4) is 0 Å². The maximum Gasteiger partial charge on any atom is 0.322 e. The number of carbonyl (C=O) groups excluding carboxylic acids is 1. The molecule has 80 valence electrons. The summed E-state index contributed by atoms with van der Waals surface area (Å²) in [6.45, 7) is 1.58. The number of aromatic nitrogens is 2. The van der Waals surface area contributed by atoms with Crippen LogP contribution in [0.4, 0.5) is 6.01 Å².